The summed E-state index contributed by atoms with van der Waals surface area (Å²) >= 11 is 0. The first-order chi connectivity index (χ1) is 14.8. The molecule has 0 saturated heterocycles. The van der Waals surface area contributed by atoms with Crippen molar-refractivity contribution >= 4 is 18.0 Å². The van der Waals surface area contributed by atoms with E-state index in [4.69, 9.17) is 9.84 Å². The molecule has 7 nitrogen and oxygen atoms in total. The average molecular weight is 424 g/mol. The van der Waals surface area contributed by atoms with E-state index in [0.717, 1.165) is 22.3 Å². The van der Waals surface area contributed by atoms with Crippen LogP contribution in [0.4, 0.5) is 4.79 Å². The Morgan fingerprint density at radius 1 is 1.03 bits per heavy atom. The SMILES string of the molecule is CCN(C(=O)C(C)CNC(=O)OCC1c2ccccc2-c2ccccc21)C(C)C(=O)O. The highest BCUT2D eigenvalue weighted by molar-refractivity contribution is 5.85. The monoisotopic (exact) mass is 424 g/mol. The first-order valence-corrected chi connectivity index (χ1v) is 10.5. The van der Waals surface area contributed by atoms with Crippen LogP contribution in [-0.2, 0) is 14.3 Å². The second-order valence-corrected chi connectivity index (χ2v) is 7.75. The van der Waals surface area contributed by atoms with Crippen LogP contribution < -0.4 is 5.32 Å². The fraction of sp³-hybridized carbons (Fsp3) is 0.375. The van der Waals surface area contributed by atoms with Crippen molar-refractivity contribution in [1.82, 2.24) is 10.2 Å². The number of carbonyl (C=O) groups excluding carboxylic acids is 2. The van der Waals surface area contributed by atoms with Gasteiger partial charge in [-0.25, -0.2) is 9.59 Å². The predicted octanol–water partition coefficient (Wildman–Crippen LogP) is 3.48. The Morgan fingerprint density at radius 3 is 2.10 bits per heavy atom. The summed E-state index contributed by atoms with van der Waals surface area (Å²) in [6.07, 6.45) is -0.601. The number of nitrogens with zero attached hydrogens (tertiary/aromatic N) is 1. The molecule has 2 aromatic carbocycles. The van der Waals surface area contributed by atoms with E-state index in [9.17, 15) is 14.4 Å². The van der Waals surface area contributed by atoms with Crippen molar-refractivity contribution in [2.24, 2.45) is 5.92 Å². The topological polar surface area (TPSA) is 95.9 Å². The second-order valence-electron chi connectivity index (χ2n) is 7.75. The Labute approximate surface area is 182 Å². The number of hydrogen-bond acceptors (Lipinski definition) is 4. The number of alkyl carbamates (subject to hydrolysis) is 1. The van der Waals surface area contributed by atoms with Gasteiger partial charge < -0.3 is 20.1 Å². The number of aliphatic carboxylic acids is 1. The highest BCUT2D eigenvalue weighted by Crippen LogP contribution is 2.44. The van der Waals surface area contributed by atoms with Gasteiger partial charge in [0.25, 0.3) is 0 Å². The van der Waals surface area contributed by atoms with E-state index in [0.29, 0.717) is 0 Å². The van der Waals surface area contributed by atoms with Gasteiger partial charge in [0, 0.05) is 19.0 Å². The lowest BCUT2D eigenvalue weighted by Crippen LogP contribution is -2.47. The maximum absolute atomic E-state index is 12.5. The maximum Gasteiger partial charge on any atom is 0.407 e. The molecule has 7 heteroatoms. The second kappa shape index (κ2) is 9.64. The zero-order valence-corrected chi connectivity index (χ0v) is 18.0. The molecule has 0 bridgehead atoms. The summed E-state index contributed by atoms with van der Waals surface area (Å²) < 4.78 is 5.47. The smallest absolute Gasteiger partial charge is 0.407 e. The molecule has 0 spiro atoms. The molecule has 2 amide bonds. The number of hydrogen-bond donors (Lipinski definition) is 2. The van der Waals surface area contributed by atoms with Crippen molar-refractivity contribution in [2.45, 2.75) is 32.7 Å². The summed E-state index contributed by atoms with van der Waals surface area (Å²) in [5.74, 6) is -1.99. The van der Waals surface area contributed by atoms with E-state index in [1.54, 1.807) is 13.8 Å². The van der Waals surface area contributed by atoms with Crippen molar-refractivity contribution < 1.29 is 24.2 Å². The molecular formula is C24H28N2O5. The minimum absolute atomic E-state index is 0.0378. The Balaban J connectivity index is 1.56. The fourth-order valence-corrected chi connectivity index (χ4v) is 4.01. The predicted molar refractivity (Wildman–Crippen MR) is 117 cm³/mol. The van der Waals surface area contributed by atoms with Gasteiger partial charge in [0.05, 0.1) is 5.92 Å². The van der Waals surface area contributed by atoms with Gasteiger partial charge in [-0.2, -0.15) is 0 Å². The molecule has 0 radical (unpaired) electrons. The van der Waals surface area contributed by atoms with Gasteiger partial charge in [-0.15, -0.1) is 0 Å². The summed E-state index contributed by atoms with van der Waals surface area (Å²) in [6.45, 7) is 5.39. The third-order valence-corrected chi connectivity index (χ3v) is 5.77. The van der Waals surface area contributed by atoms with Crippen LogP contribution in [-0.4, -0.2) is 53.7 Å². The zero-order valence-electron chi connectivity index (χ0n) is 18.0. The van der Waals surface area contributed by atoms with Crippen LogP contribution in [0.1, 0.15) is 37.8 Å². The molecule has 2 N–H and O–H groups in total. The Hall–Kier alpha value is -3.35. The molecule has 0 aromatic heterocycles. The van der Waals surface area contributed by atoms with E-state index >= 15 is 0 Å². The first-order valence-electron chi connectivity index (χ1n) is 10.5. The van der Waals surface area contributed by atoms with E-state index < -0.39 is 24.0 Å². The molecule has 2 aromatic rings. The molecule has 0 saturated carbocycles. The van der Waals surface area contributed by atoms with Crippen LogP contribution in [0.25, 0.3) is 11.1 Å². The molecule has 2 atom stereocenters. The number of amides is 2. The highest BCUT2D eigenvalue weighted by Gasteiger charge is 2.30. The Kier molecular flexibility index (Phi) is 6.95. The van der Waals surface area contributed by atoms with E-state index in [1.807, 2.05) is 36.4 Å². The summed E-state index contributed by atoms with van der Waals surface area (Å²) in [5.41, 5.74) is 4.56. The third kappa shape index (κ3) is 4.71. The molecule has 164 valence electrons. The standard InChI is InChI=1S/C24H28N2O5/c1-4-26(16(3)23(28)29)22(27)15(2)13-25-24(30)31-14-21-19-11-7-5-9-17(19)18-10-6-8-12-20(18)21/h5-12,15-16,21H,4,13-14H2,1-3H3,(H,25,30)(H,28,29). The third-order valence-electron chi connectivity index (χ3n) is 5.77. The number of ether oxygens (including phenoxy) is 1. The molecular weight excluding hydrogens is 396 g/mol. The van der Waals surface area contributed by atoms with Gasteiger partial charge in [0.1, 0.15) is 12.6 Å². The number of carbonyl (C=O) groups is 3. The number of benzene rings is 2. The minimum atomic E-state index is -1.06. The van der Waals surface area contributed by atoms with Crippen molar-refractivity contribution in [3.63, 3.8) is 0 Å². The first kappa shape index (κ1) is 22.3. The number of fused-ring (bicyclic) bond motifs is 3. The quantitative estimate of drug-likeness (QED) is 0.676. The van der Waals surface area contributed by atoms with E-state index in [-0.39, 0.29) is 31.5 Å². The summed E-state index contributed by atoms with van der Waals surface area (Å²) in [6, 6.07) is 15.2. The van der Waals surface area contributed by atoms with Crippen LogP contribution >= 0.6 is 0 Å². The number of carboxylic acids is 1. The van der Waals surface area contributed by atoms with Gasteiger partial charge in [-0.3, -0.25) is 4.79 Å². The van der Waals surface area contributed by atoms with Gasteiger partial charge in [0.2, 0.25) is 5.91 Å². The van der Waals surface area contributed by atoms with Crippen LogP contribution in [0.2, 0.25) is 0 Å². The number of likely N-dealkylation sites (N-methyl/N-ethyl adjacent to an activating group) is 1. The Morgan fingerprint density at radius 2 is 1.58 bits per heavy atom. The summed E-state index contributed by atoms with van der Waals surface area (Å²) in [5, 5.41) is 11.8. The molecule has 0 fully saturated rings. The van der Waals surface area contributed by atoms with Crippen molar-refractivity contribution in [3.8, 4) is 11.1 Å². The lowest BCUT2D eigenvalue weighted by Gasteiger charge is -2.28. The maximum atomic E-state index is 12.5. The molecule has 1 aliphatic rings. The molecule has 3 rings (SSSR count). The normalized spacial score (nSPS) is 14.2. The van der Waals surface area contributed by atoms with Gasteiger partial charge in [-0.1, -0.05) is 55.5 Å². The molecule has 31 heavy (non-hydrogen) atoms. The van der Waals surface area contributed by atoms with Crippen LogP contribution in [0.3, 0.4) is 0 Å². The van der Waals surface area contributed by atoms with Gasteiger partial charge >= 0.3 is 12.1 Å². The van der Waals surface area contributed by atoms with Gasteiger partial charge in [0.15, 0.2) is 0 Å². The van der Waals surface area contributed by atoms with Crippen molar-refractivity contribution in [1.29, 1.82) is 0 Å². The van der Waals surface area contributed by atoms with E-state index in [1.165, 1.54) is 11.8 Å². The van der Waals surface area contributed by atoms with E-state index in [2.05, 4.69) is 17.4 Å². The molecule has 2 unspecified atom stereocenters. The number of nitrogens with one attached hydrogen (secondary N) is 1. The number of rotatable bonds is 8. The molecule has 0 aliphatic heterocycles. The fourth-order valence-electron chi connectivity index (χ4n) is 4.01. The lowest BCUT2D eigenvalue weighted by atomic mass is 9.98. The number of carboxylic acid groups (broad SMARTS) is 1. The molecule has 0 heterocycles. The van der Waals surface area contributed by atoms with Crippen LogP contribution in [0.5, 0.6) is 0 Å². The average Bonchev–Trinajstić information content (AvgIpc) is 3.10. The molecule has 1 aliphatic carbocycles. The largest absolute Gasteiger partial charge is 0.480 e. The van der Waals surface area contributed by atoms with Crippen LogP contribution in [0, 0.1) is 5.92 Å². The van der Waals surface area contributed by atoms with Crippen LogP contribution in [0.15, 0.2) is 48.5 Å². The lowest BCUT2D eigenvalue weighted by molar-refractivity contribution is -0.150. The van der Waals surface area contributed by atoms with Gasteiger partial charge in [-0.05, 0) is 36.1 Å². The summed E-state index contributed by atoms with van der Waals surface area (Å²) in [7, 11) is 0. The highest BCUT2D eigenvalue weighted by atomic mass is 16.5. The van der Waals surface area contributed by atoms with Crippen molar-refractivity contribution in [3.05, 3.63) is 59.7 Å². The Bertz CT molecular complexity index is 928. The summed E-state index contributed by atoms with van der Waals surface area (Å²) in [4.78, 5) is 37.3. The van der Waals surface area contributed by atoms with Crippen molar-refractivity contribution in [2.75, 3.05) is 19.7 Å². The minimum Gasteiger partial charge on any atom is -0.480 e. The zero-order chi connectivity index (χ0) is 22.5.